The number of carboxylic acid groups (broad SMARTS) is 1. The van der Waals surface area contributed by atoms with Gasteiger partial charge in [0.2, 0.25) is 0 Å². The van der Waals surface area contributed by atoms with E-state index in [9.17, 15) is 18.0 Å². The molecule has 8 heteroatoms. The van der Waals surface area contributed by atoms with Crippen LogP contribution in [0.15, 0.2) is 12.3 Å². The van der Waals surface area contributed by atoms with Crippen molar-refractivity contribution in [2.24, 2.45) is 0 Å². The number of fused-ring (bicyclic) bond motifs is 1. The minimum Gasteiger partial charge on any atom is -0.478 e. The van der Waals surface area contributed by atoms with Gasteiger partial charge in [-0.2, -0.15) is 17.5 Å². The summed E-state index contributed by atoms with van der Waals surface area (Å²) in [6.07, 6.45) is -3.47. The molecular formula is C8H3F3N2O2S. The Hall–Kier alpha value is -1.70. The van der Waals surface area contributed by atoms with E-state index in [-0.39, 0.29) is 10.2 Å². The maximum Gasteiger partial charge on any atom is 0.433 e. The zero-order valence-corrected chi connectivity index (χ0v) is 8.26. The molecule has 84 valence electrons. The molecule has 0 bridgehead atoms. The number of rotatable bonds is 1. The molecule has 2 heterocycles. The lowest BCUT2D eigenvalue weighted by atomic mass is 10.1. The van der Waals surface area contributed by atoms with Crippen LogP contribution < -0.4 is 0 Å². The van der Waals surface area contributed by atoms with Crippen LogP contribution in [0.3, 0.4) is 0 Å². The molecular weight excluding hydrogens is 245 g/mol. The molecule has 0 atom stereocenters. The first-order valence-corrected chi connectivity index (χ1v) is 4.73. The lowest BCUT2D eigenvalue weighted by molar-refractivity contribution is -0.140. The fraction of sp³-hybridized carbons (Fsp3) is 0.125. The molecule has 0 saturated heterocycles. The van der Waals surface area contributed by atoms with Crippen LogP contribution in [0.1, 0.15) is 16.1 Å². The molecule has 0 radical (unpaired) electrons. The summed E-state index contributed by atoms with van der Waals surface area (Å²) in [6.45, 7) is 0. The van der Waals surface area contributed by atoms with Crippen LogP contribution >= 0.6 is 11.5 Å². The topological polar surface area (TPSA) is 63.1 Å². The van der Waals surface area contributed by atoms with E-state index in [0.29, 0.717) is 6.07 Å². The van der Waals surface area contributed by atoms with Crippen molar-refractivity contribution < 1.29 is 23.1 Å². The summed E-state index contributed by atoms with van der Waals surface area (Å²) in [7, 11) is 0. The van der Waals surface area contributed by atoms with E-state index in [0.717, 1.165) is 11.5 Å². The van der Waals surface area contributed by atoms with Crippen LogP contribution in [0.5, 0.6) is 0 Å². The Bertz CT molecular complexity index is 564. The number of halogens is 3. The number of carboxylic acids is 1. The Morgan fingerprint density at radius 2 is 2.12 bits per heavy atom. The molecule has 2 rings (SSSR count). The van der Waals surface area contributed by atoms with Crippen LogP contribution in [0, 0.1) is 0 Å². The number of alkyl halides is 3. The van der Waals surface area contributed by atoms with Gasteiger partial charge in [-0.15, -0.1) is 0 Å². The summed E-state index contributed by atoms with van der Waals surface area (Å²) < 4.78 is 40.8. The lowest BCUT2D eigenvalue weighted by Gasteiger charge is -2.06. The lowest BCUT2D eigenvalue weighted by Crippen LogP contribution is -2.10. The normalized spacial score (nSPS) is 11.9. The number of aromatic carboxylic acids is 1. The predicted molar refractivity (Wildman–Crippen MR) is 49.4 cm³/mol. The fourth-order valence-corrected chi connectivity index (χ4v) is 1.84. The highest BCUT2D eigenvalue weighted by Gasteiger charge is 2.34. The van der Waals surface area contributed by atoms with Crippen molar-refractivity contribution in [2.75, 3.05) is 0 Å². The Morgan fingerprint density at radius 3 is 2.69 bits per heavy atom. The smallest absolute Gasteiger partial charge is 0.433 e. The van der Waals surface area contributed by atoms with Crippen molar-refractivity contribution in [3.05, 3.63) is 23.5 Å². The second kappa shape index (κ2) is 3.41. The van der Waals surface area contributed by atoms with Gasteiger partial charge in [0.1, 0.15) is 10.5 Å². The summed E-state index contributed by atoms with van der Waals surface area (Å²) in [5.74, 6) is -1.43. The molecule has 0 fully saturated rings. The highest BCUT2D eigenvalue weighted by Crippen LogP contribution is 2.31. The number of carbonyl (C=O) groups is 1. The van der Waals surface area contributed by atoms with Crippen LogP contribution in [0.25, 0.3) is 10.2 Å². The van der Waals surface area contributed by atoms with Gasteiger partial charge in [0.15, 0.2) is 0 Å². The van der Waals surface area contributed by atoms with Crippen molar-refractivity contribution in [1.29, 1.82) is 0 Å². The van der Waals surface area contributed by atoms with E-state index in [2.05, 4.69) is 9.36 Å². The van der Waals surface area contributed by atoms with E-state index < -0.39 is 23.4 Å². The third-order valence-electron chi connectivity index (χ3n) is 1.87. The monoisotopic (exact) mass is 248 g/mol. The summed E-state index contributed by atoms with van der Waals surface area (Å²) in [5, 5.41) is 8.89. The van der Waals surface area contributed by atoms with Crippen LogP contribution in [-0.4, -0.2) is 20.4 Å². The van der Waals surface area contributed by atoms with Crippen LogP contribution in [0.2, 0.25) is 0 Å². The van der Waals surface area contributed by atoms with Gasteiger partial charge in [0, 0.05) is 5.39 Å². The number of hydrogen-bond donors (Lipinski definition) is 1. The highest BCUT2D eigenvalue weighted by atomic mass is 32.1. The van der Waals surface area contributed by atoms with Crippen LogP contribution in [0.4, 0.5) is 13.2 Å². The number of aromatic nitrogens is 2. The summed E-state index contributed by atoms with van der Waals surface area (Å²) in [4.78, 5) is 14.1. The van der Waals surface area contributed by atoms with Crippen molar-refractivity contribution in [2.45, 2.75) is 6.18 Å². The number of pyridine rings is 1. The van der Waals surface area contributed by atoms with Gasteiger partial charge in [-0.25, -0.2) is 9.78 Å². The predicted octanol–water partition coefficient (Wildman–Crippen LogP) is 2.41. The fourth-order valence-electron chi connectivity index (χ4n) is 1.18. The van der Waals surface area contributed by atoms with Crippen molar-refractivity contribution >= 4 is 27.7 Å². The van der Waals surface area contributed by atoms with Crippen molar-refractivity contribution in [3.63, 3.8) is 0 Å². The minimum atomic E-state index is -4.66. The molecule has 0 aliphatic heterocycles. The van der Waals surface area contributed by atoms with Gasteiger partial charge in [-0.1, -0.05) is 0 Å². The molecule has 4 nitrogen and oxygen atoms in total. The third-order valence-corrected chi connectivity index (χ3v) is 2.56. The second-order valence-electron chi connectivity index (χ2n) is 2.90. The number of nitrogens with zero attached hydrogens (tertiary/aromatic N) is 2. The first-order valence-electron chi connectivity index (χ1n) is 3.95. The molecule has 16 heavy (non-hydrogen) atoms. The summed E-state index contributed by atoms with van der Waals surface area (Å²) >= 11 is 0.725. The Balaban J connectivity index is 2.76. The number of hydrogen-bond acceptors (Lipinski definition) is 4. The van der Waals surface area contributed by atoms with E-state index in [4.69, 9.17) is 5.11 Å². The molecule has 1 N–H and O–H groups in total. The van der Waals surface area contributed by atoms with Gasteiger partial charge in [-0.3, -0.25) is 0 Å². The molecule has 0 aromatic carbocycles. The average Bonchev–Trinajstić information content (AvgIpc) is 2.61. The quantitative estimate of drug-likeness (QED) is 0.841. The van der Waals surface area contributed by atoms with E-state index in [1.807, 2.05) is 0 Å². The van der Waals surface area contributed by atoms with Gasteiger partial charge in [-0.05, 0) is 17.6 Å². The molecule has 0 unspecified atom stereocenters. The molecule has 0 aliphatic rings. The maximum atomic E-state index is 12.4. The average molecular weight is 248 g/mol. The molecule has 0 saturated carbocycles. The Morgan fingerprint density at radius 1 is 1.44 bits per heavy atom. The zero-order valence-electron chi connectivity index (χ0n) is 7.45. The first-order chi connectivity index (χ1) is 7.39. The van der Waals surface area contributed by atoms with Gasteiger partial charge < -0.3 is 5.11 Å². The van der Waals surface area contributed by atoms with Gasteiger partial charge in [0.25, 0.3) is 0 Å². The zero-order chi connectivity index (χ0) is 11.9. The SMILES string of the molecule is O=C(O)c1cc(C(F)(F)F)nc2sncc12. The Kier molecular flexibility index (Phi) is 2.30. The maximum absolute atomic E-state index is 12.4. The molecule has 2 aromatic heterocycles. The van der Waals surface area contributed by atoms with Crippen molar-refractivity contribution in [1.82, 2.24) is 9.36 Å². The largest absolute Gasteiger partial charge is 0.478 e. The molecule has 0 aliphatic carbocycles. The first kappa shape index (κ1) is 10.8. The third kappa shape index (κ3) is 1.71. The summed E-state index contributed by atoms with van der Waals surface area (Å²) in [6, 6.07) is 0.513. The summed E-state index contributed by atoms with van der Waals surface area (Å²) in [5.41, 5.74) is -1.66. The van der Waals surface area contributed by atoms with E-state index in [1.165, 1.54) is 6.20 Å². The van der Waals surface area contributed by atoms with Gasteiger partial charge in [0.05, 0.1) is 11.8 Å². The molecule has 2 aromatic rings. The molecule has 0 amide bonds. The second-order valence-corrected chi connectivity index (χ2v) is 3.68. The van der Waals surface area contributed by atoms with Gasteiger partial charge >= 0.3 is 12.1 Å². The van der Waals surface area contributed by atoms with E-state index in [1.54, 1.807) is 0 Å². The van der Waals surface area contributed by atoms with Crippen molar-refractivity contribution in [3.8, 4) is 0 Å². The van der Waals surface area contributed by atoms with E-state index >= 15 is 0 Å². The van der Waals surface area contributed by atoms with Crippen LogP contribution in [-0.2, 0) is 6.18 Å². The Labute approximate surface area is 90.5 Å². The minimum absolute atomic E-state index is 0.0350. The highest BCUT2D eigenvalue weighted by molar-refractivity contribution is 7.12. The standard InChI is InChI=1S/C8H3F3N2O2S/c9-8(10,11)5-1-3(7(14)15)4-2-12-16-6(4)13-5/h1-2H,(H,14,15). The molecule has 0 spiro atoms.